The fraction of sp³-hybridized carbons (Fsp3) is 0.538. The van der Waals surface area contributed by atoms with Gasteiger partial charge in [0.15, 0.2) is 0 Å². The Morgan fingerprint density at radius 2 is 1.79 bits per heavy atom. The molecule has 0 amide bonds. The SMILES string of the molecule is O=S(=O)(NC1CCCCCC1)c1ccc(Cl)cc1F. The summed E-state index contributed by atoms with van der Waals surface area (Å²) in [6.45, 7) is 0. The second-order valence-corrected chi connectivity index (χ2v) is 7.00. The van der Waals surface area contributed by atoms with Crippen LogP contribution in [0.25, 0.3) is 0 Å². The Morgan fingerprint density at radius 3 is 2.37 bits per heavy atom. The van der Waals surface area contributed by atoms with E-state index in [9.17, 15) is 12.8 Å². The second kappa shape index (κ2) is 6.20. The highest BCUT2D eigenvalue weighted by Gasteiger charge is 2.23. The third-order valence-corrected chi connectivity index (χ3v) is 5.15. The van der Waals surface area contributed by atoms with Crippen molar-refractivity contribution in [3.05, 3.63) is 29.0 Å². The summed E-state index contributed by atoms with van der Waals surface area (Å²) in [6, 6.07) is 3.51. The molecule has 6 heteroatoms. The molecule has 1 fully saturated rings. The van der Waals surface area contributed by atoms with Crippen LogP contribution >= 0.6 is 11.6 Å². The van der Waals surface area contributed by atoms with E-state index >= 15 is 0 Å². The Balaban J connectivity index is 2.17. The molecule has 1 N–H and O–H groups in total. The minimum atomic E-state index is -3.81. The number of benzene rings is 1. The van der Waals surface area contributed by atoms with Gasteiger partial charge < -0.3 is 0 Å². The lowest BCUT2D eigenvalue weighted by Gasteiger charge is -2.16. The van der Waals surface area contributed by atoms with Gasteiger partial charge in [0.05, 0.1) is 0 Å². The normalized spacial score (nSPS) is 18.2. The van der Waals surface area contributed by atoms with Gasteiger partial charge in [0, 0.05) is 11.1 Å². The van der Waals surface area contributed by atoms with Crippen molar-refractivity contribution in [2.24, 2.45) is 0 Å². The van der Waals surface area contributed by atoms with Crippen LogP contribution in [-0.2, 0) is 10.0 Å². The molecule has 1 aromatic carbocycles. The van der Waals surface area contributed by atoms with E-state index in [4.69, 9.17) is 11.6 Å². The number of hydrogen-bond acceptors (Lipinski definition) is 2. The summed E-state index contributed by atoms with van der Waals surface area (Å²) in [5.74, 6) is -0.811. The van der Waals surface area contributed by atoms with E-state index in [1.165, 1.54) is 12.1 Å². The number of nitrogens with one attached hydrogen (secondary N) is 1. The molecule has 0 atom stereocenters. The molecule has 0 unspecified atom stereocenters. The Bertz CT molecular complexity index is 540. The van der Waals surface area contributed by atoms with E-state index in [1.54, 1.807) is 0 Å². The van der Waals surface area contributed by atoms with Crippen LogP contribution in [-0.4, -0.2) is 14.5 Å². The van der Waals surface area contributed by atoms with Crippen LogP contribution in [0.3, 0.4) is 0 Å². The molecule has 1 saturated carbocycles. The first-order chi connectivity index (χ1) is 8.99. The van der Waals surface area contributed by atoms with Crippen LogP contribution in [0, 0.1) is 5.82 Å². The number of sulfonamides is 1. The molecule has 0 radical (unpaired) electrons. The van der Waals surface area contributed by atoms with Gasteiger partial charge in [0.25, 0.3) is 0 Å². The molecule has 3 nitrogen and oxygen atoms in total. The summed E-state index contributed by atoms with van der Waals surface area (Å²) in [4.78, 5) is -0.332. The van der Waals surface area contributed by atoms with E-state index in [0.717, 1.165) is 44.6 Å². The molecule has 0 bridgehead atoms. The Kier molecular flexibility index (Phi) is 4.81. The molecule has 1 aliphatic carbocycles. The molecule has 0 aromatic heterocycles. The summed E-state index contributed by atoms with van der Waals surface area (Å²) in [5, 5.41) is 0.186. The van der Waals surface area contributed by atoms with Crippen LogP contribution in [0.15, 0.2) is 23.1 Å². The van der Waals surface area contributed by atoms with Crippen LogP contribution in [0.1, 0.15) is 38.5 Å². The summed E-state index contributed by atoms with van der Waals surface area (Å²) in [7, 11) is -3.81. The molecule has 1 aromatic rings. The fourth-order valence-corrected chi connectivity index (χ4v) is 3.90. The zero-order valence-electron chi connectivity index (χ0n) is 10.5. The van der Waals surface area contributed by atoms with Crippen molar-refractivity contribution in [3.8, 4) is 0 Å². The first-order valence-electron chi connectivity index (χ1n) is 6.46. The van der Waals surface area contributed by atoms with Crippen LogP contribution in [0.4, 0.5) is 4.39 Å². The third kappa shape index (κ3) is 3.91. The highest BCUT2D eigenvalue weighted by Crippen LogP contribution is 2.22. The van der Waals surface area contributed by atoms with E-state index in [1.807, 2.05) is 0 Å². The second-order valence-electron chi connectivity index (χ2n) is 4.88. The van der Waals surface area contributed by atoms with E-state index < -0.39 is 15.8 Å². The molecule has 1 aliphatic rings. The maximum Gasteiger partial charge on any atom is 0.243 e. The predicted octanol–water partition coefficient (Wildman–Crippen LogP) is 3.48. The van der Waals surface area contributed by atoms with Crippen molar-refractivity contribution < 1.29 is 12.8 Å². The molecule has 19 heavy (non-hydrogen) atoms. The smallest absolute Gasteiger partial charge is 0.208 e. The van der Waals surface area contributed by atoms with Gasteiger partial charge in [-0.2, -0.15) is 0 Å². The largest absolute Gasteiger partial charge is 0.243 e. The van der Waals surface area contributed by atoms with Crippen molar-refractivity contribution in [1.82, 2.24) is 4.72 Å². The lowest BCUT2D eigenvalue weighted by molar-refractivity contribution is 0.503. The highest BCUT2D eigenvalue weighted by molar-refractivity contribution is 7.89. The van der Waals surface area contributed by atoms with Gasteiger partial charge in [0.2, 0.25) is 10.0 Å². The van der Waals surface area contributed by atoms with Gasteiger partial charge in [0.1, 0.15) is 10.7 Å². The van der Waals surface area contributed by atoms with Crippen LogP contribution in [0.5, 0.6) is 0 Å². The summed E-state index contributed by atoms with van der Waals surface area (Å²) < 4.78 is 40.6. The Labute approximate surface area is 118 Å². The molecule has 0 saturated heterocycles. The van der Waals surface area contributed by atoms with Gasteiger partial charge in [-0.3, -0.25) is 0 Å². The number of hydrogen-bond donors (Lipinski definition) is 1. The minimum Gasteiger partial charge on any atom is -0.208 e. The third-order valence-electron chi connectivity index (χ3n) is 3.36. The van der Waals surface area contributed by atoms with Crippen molar-refractivity contribution in [2.75, 3.05) is 0 Å². The molecule has 0 spiro atoms. The van der Waals surface area contributed by atoms with E-state index in [0.29, 0.717) is 0 Å². The molecular formula is C13H17ClFNO2S. The highest BCUT2D eigenvalue weighted by atomic mass is 35.5. The number of halogens is 2. The van der Waals surface area contributed by atoms with E-state index in [-0.39, 0.29) is 16.0 Å². The topological polar surface area (TPSA) is 46.2 Å². The Hall–Kier alpha value is -0.650. The summed E-state index contributed by atoms with van der Waals surface area (Å²) in [5.41, 5.74) is 0. The first-order valence-corrected chi connectivity index (χ1v) is 8.32. The monoisotopic (exact) mass is 305 g/mol. The lowest BCUT2D eigenvalue weighted by Crippen LogP contribution is -2.34. The fourth-order valence-electron chi connectivity index (χ4n) is 2.37. The maximum absolute atomic E-state index is 13.7. The quantitative estimate of drug-likeness (QED) is 0.869. The zero-order valence-corrected chi connectivity index (χ0v) is 12.1. The van der Waals surface area contributed by atoms with Crippen molar-refractivity contribution in [1.29, 1.82) is 0 Å². The summed E-state index contributed by atoms with van der Waals surface area (Å²) >= 11 is 5.63. The molecule has 0 aliphatic heterocycles. The molecule has 2 rings (SSSR count). The van der Waals surface area contributed by atoms with Gasteiger partial charge in [-0.1, -0.05) is 37.3 Å². The minimum absolute atomic E-state index is 0.0948. The average Bonchev–Trinajstić information content (AvgIpc) is 2.56. The van der Waals surface area contributed by atoms with Gasteiger partial charge in [-0.15, -0.1) is 0 Å². The van der Waals surface area contributed by atoms with Gasteiger partial charge in [-0.25, -0.2) is 17.5 Å². The molecule has 0 heterocycles. The van der Waals surface area contributed by atoms with Crippen molar-refractivity contribution >= 4 is 21.6 Å². The van der Waals surface area contributed by atoms with Crippen molar-refractivity contribution in [3.63, 3.8) is 0 Å². The number of rotatable bonds is 3. The predicted molar refractivity (Wildman–Crippen MR) is 73.2 cm³/mol. The Morgan fingerprint density at radius 1 is 1.16 bits per heavy atom. The van der Waals surface area contributed by atoms with Gasteiger partial charge >= 0.3 is 0 Å². The van der Waals surface area contributed by atoms with Crippen molar-refractivity contribution in [2.45, 2.75) is 49.5 Å². The molecular weight excluding hydrogens is 289 g/mol. The first kappa shape index (κ1) is 14.8. The van der Waals surface area contributed by atoms with Gasteiger partial charge in [-0.05, 0) is 31.0 Å². The average molecular weight is 306 g/mol. The van der Waals surface area contributed by atoms with E-state index in [2.05, 4.69) is 4.72 Å². The van der Waals surface area contributed by atoms with Crippen LogP contribution < -0.4 is 4.72 Å². The standard InChI is InChI=1S/C13H17ClFNO2S/c14-10-7-8-13(12(15)9-10)19(17,18)16-11-5-3-1-2-4-6-11/h7-9,11,16H,1-6H2. The zero-order chi connectivity index (χ0) is 13.9. The maximum atomic E-state index is 13.7. The van der Waals surface area contributed by atoms with Crippen LogP contribution in [0.2, 0.25) is 5.02 Å². The summed E-state index contributed by atoms with van der Waals surface area (Å²) in [6.07, 6.45) is 5.91. The lowest BCUT2D eigenvalue weighted by atomic mass is 10.1. The molecule has 106 valence electrons.